The molecule has 10 nitrogen and oxygen atoms in total. The topological polar surface area (TPSA) is 135 Å². The molecule has 3 rings (SSSR count). The number of benzene rings is 2. The number of aliphatic hydroxyl groups excluding tert-OH is 2. The minimum atomic E-state index is -1.20. The van der Waals surface area contributed by atoms with Crippen molar-refractivity contribution < 1.29 is 38.8 Å². The molecule has 1 aliphatic carbocycles. The van der Waals surface area contributed by atoms with Gasteiger partial charge in [-0.05, 0) is 58.9 Å². The largest absolute Gasteiger partial charge is 0.496 e. The predicted octanol–water partition coefficient (Wildman–Crippen LogP) is 2.76. The van der Waals surface area contributed by atoms with E-state index >= 15 is 0 Å². The molecule has 3 atom stereocenters. The molecule has 0 fully saturated rings. The highest BCUT2D eigenvalue weighted by atomic mass is 127. The Labute approximate surface area is 253 Å². The first kappa shape index (κ1) is 32.4. The number of aliphatic hydroxyl groups is 2. The second-order valence-corrected chi connectivity index (χ2v) is 11.1. The molecular formula is C30H37IN2O8. The maximum Gasteiger partial charge on any atom is 0.247 e. The Bertz CT molecular complexity index is 1270. The monoisotopic (exact) mass is 680 g/mol. The molecule has 2 aromatic carbocycles. The standard InChI is InChI=1S/C30H37IN2O8/c1-18(2)30(38)33(11-9-20-7-5-6-8-24(20)39-3)23-15-21(29(37)32-10-12-34)16-25(27(23)36)41-28-22(31)13-19(17-35)14-26(28)40-4/h5-8,13-14,16-18,23,25,27,34,36H,9-12,15H2,1-4H3,(H,32,37). The fourth-order valence-electron chi connectivity index (χ4n) is 4.76. The first-order valence-corrected chi connectivity index (χ1v) is 14.4. The number of hydrogen-bond acceptors (Lipinski definition) is 8. The first-order chi connectivity index (χ1) is 19.6. The number of rotatable bonds is 13. The quantitative estimate of drug-likeness (QED) is 0.217. The highest BCUT2D eigenvalue weighted by molar-refractivity contribution is 14.1. The van der Waals surface area contributed by atoms with E-state index in [1.165, 1.54) is 19.3 Å². The highest BCUT2D eigenvalue weighted by Crippen LogP contribution is 2.37. The van der Waals surface area contributed by atoms with Crippen LogP contribution in [0.4, 0.5) is 0 Å². The van der Waals surface area contributed by atoms with Crippen molar-refractivity contribution in [2.24, 2.45) is 5.92 Å². The van der Waals surface area contributed by atoms with E-state index < -0.39 is 24.2 Å². The van der Waals surface area contributed by atoms with Crippen LogP contribution in [0.2, 0.25) is 0 Å². The lowest BCUT2D eigenvalue weighted by molar-refractivity contribution is -0.141. The number of hydrogen-bond donors (Lipinski definition) is 3. The Morgan fingerprint density at radius 2 is 1.88 bits per heavy atom. The summed E-state index contributed by atoms with van der Waals surface area (Å²) in [5.74, 6) is 0.309. The first-order valence-electron chi connectivity index (χ1n) is 13.3. The van der Waals surface area contributed by atoms with Gasteiger partial charge in [-0.25, -0.2) is 0 Å². The summed E-state index contributed by atoms with van der Waals surface area (Å²) in [6, 6.07) is 9.89. The molecular weight excluding hydrogens is 643 g/mol. The molecule has 0 radical (unpaired) electrons. The number of halogens is 1. The molecule has 222 valence electrons. The summed E-state index contributed by atoms with van der Waals surface area (Å²) in [7, 11) is 3.03. The maximum absolute atomic E-state index is 13.5. The Balaban J connectivity index is 2.02. The minimum absolute atomic E-state index is 0.0518. The predicted molar refractivity (Wildman–Crippen MR) is 161 cm³/mol. The number of nitrogens with zero attached hydrogens (tertiary/aromatic N) is 1. The third-order valence-electron chi connectivity index (χ3n) is 6.85. The Morgan fingerprint density at radius 1 is 1.17 bits per heavy atom. The van der Waals surface area contributed by atoms with E-state index in [9.17, 15) is 24.6 Å². The van der Waals surface area contributed by atoms with Gasteiger partial charge in [0.1, 0.15) is 24.2 Å². The van der Waals surface area contributed by atoms with Gasteiger partial charge < -0.3 is 34.6 Å². The van der Waals surface area contributed by atoms with Gasteiger partial charge in [0.15, 0.2) is 11.5 Å². The van der Waals surface area contributed by atoms with Gasteiger partial charge in [0, 0.05) is 36.6 Å². The van der Waals surface area contributed by atoms with E-state index in [-0.39, 0.29) is 37.9 Å². The van der Waals surface area contributed by atoms with Gasteiger partial charge in [0.25, 0.3) is 0 Å². The van der Waals surface area contributed by atoms with Gasteiger partial charge in [0.05, 0.1) is 30.4 Å². The molecule has 0 spiro atoms. The molecule has 2 amide bonds. The summed E-state index contributed by atoms with van der Waals surface area (Å²) < 4.78 is 17.8. The van der Waals surface area contributed by atoms with Crippen LogP contribution in [-0.4, -0.2) is 85.4 Å². The Morgan fingerprint density at radius 3 is 2.51 bits per heavy atom. The van der Waals surface area contributed by atoms with Gasteiger partial charge in [-0.15, -0.1) is 0 Å². The van der Waals surface area contributed by atoms with E-state index in [1.54, 1.807) is 31.9 Å². The maximum atomic E-state index is 13.5. The average Bonchev–Trinajstić information content (AvgIpc) is 2.97. The fraction of sp³-hybridized carbons (Fsp3) is 0.433. The smallest absolute Gasteiger partial charge is 0.247 e. The number of amides is 2. The van der Waals surface area contributed by atoms with Crippen molar-refractivity contribution in [2.75, 3.05) is 33.9 Å². The van der Waals surface area contributed by atoms with Crippen LogP contribution in [0.1, 0.15) is 36.2 Å². The number of para-hydroxylation sites is 1. The zero-order valence-corrected chi connectivity index (χ0v) is 25.8. The summed E-state index contributed by atoms with van der Waals surface area (Å²) in [6.07, 6.45) is 0.556. The van der Waals surface area contributed by atoms with Gasteiger partial charge in [-0.2, -0.15) is 0 Å². The zero-order chi connectivity index (χ0) is 30.1. The third kappa shape index (κ3) is 7.98. The van der Waals surface area contributed by atoms with Crippen molar-refractivity contribution in [3.05, 3.63) is 62.7 Å². The van der Waals surface area contributed by atoms with Crippen LogP contribution in [0, 0.1) is 9.49 Å². The highest BCUT2D eigenvalue weighted by Gasteiger charge is 2.41. The van der Waals surface area contributed by atoms with Crippen LogP contribution in [0.3, 0.4) is 0 Å². The SMILES string of the molecule is COc1ccccc1CCN(C(=O)C(C)C)C1CC(C(=O)NCCO)=CC(Oc2c(I)cc(C=O)cc2OC)C1O. The molecule has 0 saturated heterocycles. The lowest BCUT2D eigenvalue weighted by Gasteiger charge is -2.41. The lowest BCUT2D eigenvalue weighted by atomic mass is 9.87. The molecule has 0 heterocycles. The molecule has 0 saturated carbocycles. The van der Waals surface area contributed by atoms with Crippen LogP contribution in [0.5, 0.6) is 17.2 Å². The molecule has 0 aromatic heterocycles. The summed E-state index contributed by atoms with van der Waals surface area (Å²) in [6.45, 7) is 3.66. The van der Waals surface area contributed by atoms with Crippen molar-refractivity contribution >= 4 is 40.7 Å². The molecule has 11 heteroatoms. The van der Waals surface area contributed by atoms with Gasteiger partial charge in [0.2, 0.25) is 11.8 Å². The van der Waals surface area contributed by atoms with Crippen molar-refractivity contribution in [3.8, 4) is 17.2 Å². The van der Waals surface area contributed by atoms with E-state index in [0.29, 0.717) is 44.7 Å². The average molecular weight is 681 g/mol. The molecule has 3 N–H and O–H groups in total. The van der Waals surface area contributed by atoms with Crippen LogP contribution < -0.4 is 19.5 Å². The van der Waals surface area contributed by atoms with E-state index in [4.69, 9.17) is 14.2 Å². The van der Waals surface area contributed by atoms with Gasteiger partial charge >= 0.3 is 0 Å². The van der Waals surface area contributed by atoms with Gasteiger partial charge in [-0.1, -0.05) is 32.0 Å². The second-order valence-electron chi connectivity index (χ2n) is 9.92. The van der Waals surface area contributed by atoms with Crippen LogP contribution in [0.25, 0.3) is 0 Å². The fourth-order valence-corrected chi connectivity index (χ4v) is 5.51. The van der Waals surface area contributed by atoms with E-state index in [2.05, 4.69) is 5.32 Å². The summed E-state index contributed by atoms with van der Waals surface area (Å²) in [5, 5.41) is 23.5. The Hall–Kier alpha value is -3.16. The zero-order valence-electron chi connectivity index (χ0n) is 23.6. The number of nitrogens with one attached hydrogen (secondary N) is 1. The molecule has 41 heavy (non-hydrogen) atoms. The number of aldehydes is 1. The molecule has 0 aliphatic heterocycles. The summed E-state index contributed by atoms with van der Waals surface area (Å²) >= 11 is 2.01. The van der Waals surface area contributed by atoms with Crippen LogP contribution >= 0.6 is 22.6 Å². The number of ether oxygens (including phenoxy) is 3. The number of carbonyl (C=O) groups is 3. The normalized spacial score (nSPS) is 18.3. The van der Waals surface area contributed by atoms with Crippen molar-refractivity contribution in [1.82, 2.24) is 10.2 Å². The summed E-state index contributed by atoms with van der Waals surface area (Å²) in [4.78, 5) is 39.6. The lowest BCUT2D eigenvalue weighted by Crippen LogP contribution is -2.56. The van der Waals surface area contributed by atoms with Gasteiger partial charge in [-0.3, -0.25) is 14.4 Å². The molecule has 0 bridgehead atoms. The van der Waals surface area contributed by atoms with Crippen molar-refractivity contribution in [2.45, 2.75) is 44.9 Å². The van der Waals surface area contributed by atoms with Crippen molar-refractivity contribution in [1.29, 1.82) is 0 Å². The third-order valence-corrected chi connectivity index (χ3v) is 7.65. The molecule has 2 aromatic rings. The van der Waals surface area contributed by atoms with Crippen LogP contribution in [-0.2, 0) is 16.0 Å². The minimum Gasteiger partial charge on any atom is -0.496 e. The molecule has 3 unspecified atom stereocenters. The van der Waals surface area contributed by atoms with E-state index in [0.717, 1.165) is 5.56 Å². The summed E-state index contributed by atoms with van der Waals surface area (Å²) in [5.41, 5.74) is 1.61. The van der Waals surface area contributed by atoms with Crippen molar-refractivity contribution in [3.63, 3.8) is 0 Å². The molecule has 1 aliphatic rings. The number of methoxy groups -OCH3 is 2. The Kier molecular flexibility index (Phi) is 12.0. The van der Waals surface area contributed by atoms with Crippen LogP contribution in [0.15, 0.2) is 48.0 Å². The van der Waals surface area contributed by atoms with E-state index in [1.807, 2.05) is 46.9 Å². The second kappa shape index (κ2) is 15.2. The number of carbonyl (C=O) groups excluding carboxylic acids is 3.